The van der Waals surface area contributed by atoms with Crippen LogP contribution in [0.1, 0.15) is 29.5 Å². The minimum Gasteiger partial charge on any atom is -0.398 e. The number of nitrogen functional groups attached to an aromatic ring is 1. The van der Waals surface area contributed by atoms with Crippen molar-refractivity contribution in [2.75, 3.05) is 5.73 Å². The maximum Gasteiger partial charge on any atom is 0.0359 e. The largest absolute Gasteiger partial charge is 0.398 e. The molecule has 1 fully saturated rings. The molecule has 0 aromatic heterocycles. The third-order valence-electron chi connectivity index (χ3n) is 4.13. The van der Waals surface area contributed by atoms with E-state index in [-0.39, 0.29) is 0 Å². The van der Waals surface area contributed by atoms with Crippen LogP contribution in [0.25, 0.3) is 0 Å². The molecule has 0 radical (unpaired) electrons. The fourth-order valence-electron chi connectivity index (χ4n) is 2.66. The third kappa shape index (κ3) is 3.02. The van der Waals surface area contributed by atoms with E-state index in [4.69, 9.17) is 5.73 Å². The number of hydrogen-bond acceptors (Lipinski definition) is 2. The van der Waals surface area contributed by atoms with Crippen molar-refractivity contribution in [2.45, 2.75) is 38.9 Å². The van der Waals surface area contributed by atoms with E-state index in [1.165, 1.54) is 29.5 Å². The average molecular weight is 266 g/mol. The molecule has 0 heterocycles. The Morgan fingerprint density at radius 1 is 0.950 bits per heavy atom. The monoisotopic (exact) mass is 266 g/mol. The lowest BCUT2D eigenvalue weighted by Crippen LogP contribution is -2.25. The standard InChI is InChI=1S/C18H22N2/c1-14-6-2-3-7-15(14)12-20(17-10-11-17)13-16-8-4-5-9-18(16)19/h2-9,17H,10-13,19H2,1H3. The number of nitrogens with two attached hydrogens (primary N) is 1. The summed E-state index contributed by atoms with van der Waals surface area (Å²) in [6.45, 7) is 4.16. The average Bonchev–Trinajstić information content (AvgIpc) is 3.27. The van der Waals surface area contributed by atoms with Crippen molar-refractivity contribution in [2.24, 2.45) is 0 Å². The minimum absolute atomic E-state index is 0.731. The van der Waals surface area contributed by atoms with Crippen LogP contribution in [0, 0.1) is 6.92 Å². The zero-order valence-electron chi connectivity index (χ0n) is 12.0. The van der Waals surface area contributed by atoms with Crippen LogP contribution in [-0.2, 0) is 13.1 Å². The van der Waals surface area contributed by atoms with E-state index in [9.17, 15) is 0 Å². The molecular weight excluding hydrogens is 244 g/mol. The second-order valence-corrected chi connectivity index (χ2v) is 5.76. The second-order valence-electron chi connectivity index (χ2n) is 5.76. The van der Waals surface area contributed by atoms with Crippen LogP contribution in [0.5, 0.6) is 0 Å². The Bertz CT molecular complexity index is 540. The normalized spacial score (nSPS) is 14.7. The van der Waals surface area contributed by atoms with Gasteiger partial charge in [0.25, 0.3) is 0 Å². The van der Waals surface area contributed by atoms with Gasteiger partial charge in [-0.25, -0.2) is 0 Å². The van der Waals surface area contributed by atoms with Gasteiger partial charge in [0.2, 0.25) is 0 Å². The van der Waals surface area contributed by atoms with Crippen LogP contribution in [-0.4, -0.2) is 10.9 Å². The SMILES string of the molecule is Cc1ccccc1CN(Cc1ccccc1N)C1CC1. The zero-order chi connectivity index (χ0) is 13.9. The highest BCUT2D eigenvalue weighted by molar-refractivity contribution is 5.46. The molecule has 0 bridgehead atoms. The molecule has 2 N–H and O–H groups in total. The molecule has 0 spiro atoms. The lowest BCUT2D eigenvalue weighted by Gasteiger charge is -2.23. The van der Waals surface area contributed by atoms with E-state index in [0.717, 1.165) is 24.8 Å². The molecule has 0 atom stereocenters. The van der Waals surface area contributed by atoms with Gasteiger partial charge in [0, 0.05) is 24.8 Å². The summed E-state index contributed by atoms with van der Waals surface area (Å²) in [7, 11) is 0. The summed E-state index contributed by atoms with van der Waals surface area (Å²) >= 11 is 0. The number of nitrogens with zero attached hydrogens (tertiary/aromatic N) is 1. The van der Waals surface area contributed by atoms with Gasteiger partial charge in [0.15, 0.2) is 0 Å². The highest BCUT2D eigenvalue weighted by Gasteiger charge is 2.29. The number of benzene rings is 2. The zero-order valence-corrected chi connectivity index (χ0v) is 12.0. The molecule has 2 heteroatoms. The molecule has 104 valence electrons. The Hall–Kier alpha value is -1.80. The van der Waals surface area contributed by atoms with Crippen molar-refractivity contribution in [3.05, 3.63) is 65.2 Å². The van der Waals surface area contributed by atoms with E-state index in [1.54, 1.807) is 0 Å². The Kier molecular flexibility index (Phi) is 3.75. The van der Waals surface area contributed by atoms with Crippen LogP contribution >= 0.6 is 0 Å². The number of hydrogen-bond donors (Lipinski definition) is 1. The Morgan fingerprint density at radius 3 is 2.20 bits per heavy atom. The topological polar surface area (TPSA) is 29.3 Å². The van der Waals surface area contributed by atoms with Gasteiger partial charge in [-0.1, -0.05) is 42.5 Å². The molecule has 0 aliphatic heterocycles. The molecule has 1 aliphatic carbocycles. The van der Waals surface area contributed by atoms with Gasteiger partial charge in [0.1, 0.15) is 0 Å². The first-order chi connectivity index (χ1) is 9.74. The summed E-state index contributed by atoms with van der Waals surface area (Å²) in [4.78, 5) is 2.56. The molecule has 0 unspecified atom stereocenters. The smallest absolute Gasteiger partial charge is 0.0359 e. The Morgan fingerprint density at radius 2 is 1.55 bits per heavy atom. The van der Waals surface area contributed by atoms with Crippen LogP contribution in [0.3, 0.4) is 0 Å². The van der Waals surface area contributed by atoms with Gasteiger partial charge in [0.05, 0.1) is 0 Å². The second kappa shape index (κ2) is 5.68. The van der Waals surface area contributed by atoms with E-state index in [2.05, 4.69) is 48.2 Å². The molecule has 1 aliphatic rings. The number of anilines is 1. The Balaban J connectivity index is 1.77. The summed E-state index contributed by atoms with van der Waals surface area (Å²) in [6.07, 6.45) is 2.64. The summed E-state index contributed by atoms with van der Waals surface area (Å²) in [6, 6.07) is 17.6. The van der Waals surface area contributed by atoms with Crippen LogP contribution in [0.4, 0.5) is 5.69 Å². The van der Waals surface area contributed by atoms with Gasteiger partial charge in [-0.05, 0) is 42.5 Å². The lowest BCUT2D eigenvalue weighted by atomic mass is 10.1. The van der Waals surface area contributed by atoms with Crippen molar-refractivity contribution >= 4 is 5.69 Å². The molecular formula is C18H22N2. The van der Waals surface area contributed by atoms with Crippen molar-refractivity contribution in [1.82, 2.24) is 4.90 Å². The minimum atomic E-state index is 0.731. The van der Waals surface area contributed by atoms with Crippen molar-refractivity contribution in [3.63, 3.8) is 0 Å². The van der Waals surface area contributed by atoms with Crippen LogP contribution in [0.2, 0.25) is 0 Å². The number of aryl methyl sites for hydroxylation is 1. The summed E-state index contributed by atoms with van der Waals surface area (Å²) in [5.74, 6) is 0. The quantitative estimate of drug-likeness (QED) is 0.835. The van der Waals surface area contributed by atoms with Gasteiger partial charge in [-0.15, -0.1) is 0 Å². The first-order valence-corrected chi connectivity index (χ1v) is 7.36. The predicted octanol–water partition coefficient (Wildman–Crippen LogP) is 3.74. The van der Waals surface area contributed by atoms with Crippen LogP contribution < -0.4 is 5.73 Å². The van der Waals surface area contributed by atoms with Crippen molar-refractivity contribution in [3.8, 4) is 0 Å². The Labute approximate surface area is 121 Å². The predicted molar refractivity (Wildman–Crippen MR) is 84.3 cm³/mol. The van der Waals surface area contributed by atoms with E-state index in [1.807, 2.05) is 12.1 Å². The molecule has 2 nitrogen and oxygen atoms in total. The number of rotatable bonds is 5. The van der Waals surface area contributed by atoms with Gasteiger partial charge in [-0.2, -0.15) is 0 Å². The van der Waals surface area contributed by atoms with E-state index >= 15 is 0 Å². The summed E-state index contributed by atoms with van der Waals surface area (Å²) < 4.78 is 0. The fraction of sp³-hybridized carbons (Fsp3) is 0.333. The van der Waals surface area contributed by atoms with Crippen molar-refractivity contribution in [1.29, 1.82) is 0 Å². The molecule has 1 saturated carbocycles. The van der Waals surface area contributed by atoms with E-state index in [0.29, 0.717) is 0 Å². The lowest BCUT2D eigenvalue weighted by molar-refractivity contribution is 0.246. The van der Waals surface area contributed by atoms with E-state index < -0.39 is 0 Å². The molecule has 0 saturated heterocycles. The highest BCUT2D eigenvalue weighted by Crippen LogP contribution is 2.31. The van der Waals surface area contributed by atoms with Gasteiger partial charge < -0.3 is 5.73 Å². The molecule has 2 aromatic rings. The maximum atomic E-state index is 6.09. The summed E-state index contributed by atoms with van der Waals surface area (Å²) in [5.41, 5.74) is 11.0. The van der Waals surface area contributed by atoms with Gasteiger partial charge >= 0.3 is 0 Å². The molecule has 20 heavy (non-hydrogen) atoms. The number of para-hydroxylation sites is 1. The molecule has 3 rings (SSSR count). The highest BCUT2D eigenvalue weighted by atomic mass is 15.2. The molecule has 0 amide bonds. The first-order valence-electron chi connectivity index (χ1n) is 7.36. The summed E-state index contributed by atoms with van der Waals surface area (Å²) in [5, 5.41) is 0. The molecule has 2 aromatic carbocycles. The van der Waals surface area contributed by atoms with Crippen molar-refractivity contribution < 1.29 is 0 Å². The maximum absolute atomic E-state index is 6.09. The van der Waals surface area contributed by atoms with Gasteiger partial charge in [-0.3, -0.25) is 4.90 Å². The first kappa shape index (κ1) is 13.2. The van der Waals surface area contributed by atoms with Crippen LogP contribution in [0.15, 0.2) is 48.5 Å². The fourth-order valence-corrected chi connectivity index (χ4v) is 2.66. The third-order valence-corrected chi connectivity index (χ3v) is 4.13.